The van der Waals surface area contributed by atoms with Gasteiger partial charge in [0.05, 0.1) is 11.1 Å². The summed E-state index contributed by atoms with van der Waals surface area (Å²) in [5, 5.41) is 23.2. The molecule has 0 heterocycles. The molecule has 0 atom stereocenters. The highest BCUT2D eigenvalue weighted by atomic mass is 16.4. The molecule has 0 amide bonds. The average molecular weight is 312 g/mol. The summed E-state index contributed by atoms with van der Waals surface area (Å²) in [4.78, 5) is 20.7. The molecule has 0 aliphatic carbocycles. The molecule has 0 fully saturated rings. The normalized spacial score (nSPS) is 8.91. The minimum Gasteiger partial charge on any atom is -0.478 e. The fourth-order valence-corrected chi connectivity index (χ4v) is 1.26. The molecule has 1 aromatic carbocycles. The van der Waals surface area contributed by atoms with Gasteiger partial charge in [-0.2, -0.15) is 0 Å². The molecule has 1 rings (SSSR count). The first-order valence-electron chi connectivity index (χ1n) is 7.42. The molecule has 0 spiro atoms. The number of carboxylic acids is 2. The Morgan fingerprint density at radius 1 is 0.727 bits per heavy atom. The summed E-state index contributed by atoms with van der Waals surface area (Å²) in [6.07, 6.45) is 0. The maximum Gasteiger partial charge on any atom is 0.335 e. The standard InChI is InChI=1S/C8H6O4.2C4H11N/c9-7(10)5-1-2-6(4-3-5)8(11)12;2*1-3-5-4-2/h1-4H,(H,9,10)(H,11,12);2*5H,3-4H2,1-2H3. The van der Waals surface area contributed by atoms with Crippen LogP contribution < -0.4 is 10.6 Å². The maximum absolute atomic E-state index is 10.3. The van der Waals surface area contributed by atoms with Gasteiger partial charge in [0, 0.05) is 0 Å². The van der Waals surface area contributed by atoms with Gasteiger partial charge >= 0.3 is 11.9 Å². The number of aromatic carboxylic acids is 2. The van der Waals surface area contributed by atoms with E-state index < -0.39 is 11.9 Å². The summed E-state index contributed by atoms with van der Waals surface area (Å²) < 4.78 is 0. The molecular weight excluding hydrogens is 284 g/mol. The van der Waals surface area contributed by atoms with Gasteiger partial charge in [-0.25, -0.2) is 9.59 Å². The van der Waals surface area contributed by atoms with Crippen LogP contribution in [0.4, 0.5) is 0 Å². The molecule has 22 heavy (non-hydrogen) atoms. The van der Waals surface area contributed by atoms with Crippen LogP contribution in [-0.4, -0.2) is 48.3 Å². The topological polar surface area (TPSA) is 98.7 Å². The Balaban J connectivity index is 0. The minimum absolute atomic E-state index is 0.0833. The molecule has 0 aliphatic heterocycles. The highest BCUT2D eigenvalue weighted by Gasteiger charge is 2.04. The Hall–Kier alpha value is -1.92. The van der Waals surface area contributed by atoms with Crippen LogP contribution in [0.1, 0.15) is 48.4 Å². The number of hydrogen-bond acceptors (Lipinski definition) is 4. The van der Waals surface area contributed by atoms with Crippen LogP contribution in [0.25, 0.3) is 0 Å². The SMILES string of the molecule is CCNCC.CCNCC.O=C(O)c1ccc(C(=O)O)cc1. The highest BCUT2D eigenvalue weighted by Crippen LogP contribution is 2.03. The van der Waals surface area contributed by atoms with Crippen LogP contribution >= 0.6 is 0 Å². The molecule has 6 heteroatoms. The minimum atomic E-state index is -1.06. The lowest BCUT2D eigenvalue weighted by atomic mass is 10.1. The van der Waals surface area contributed by atoms with Gasteiger partial charge in [-0.05, 0) is 50.4 Å². The summed E-state index contributed by atoms with van der Waals surface area (Å²) in [6.45, 7) is 12.8. The predicted octanol–water partition coefficient (Wildman–Crippen LogP) is 2.31. The molecule has 6 nitrogen and oxygen atoms in total. The Bertz CT molecular complexity index is 362. The van der Waals surface area contributed by atoms with Crippen molar-refractivity contribution in [1.29, 1.82) is 0 Å². The molecule has 0 radical (unpaired) electrons. The van der Waals surface area contributed by atoms with Crippen LogP contribution in [0.15, 0.2) is 24.3 Å². The van der Waals surface area contributed by atoms with Crippen LogP contribution in [0.3, 0.4) is 0 Å². The van der Waals surface area contributed by atoms with E-state index in [1.165, 1.54) is 24.3 Å². The average Bonchev–Trinajstić information content (AvgIpc) is 2.50. The van der Waals surface area contributed by atoms with Crippen LogP contribution in [-0.2, 0) is 0 Å². The van der Waals surface area contributed by atoms with E-state index in [-0.39, 0.29) is 11.1 Å². The van der Waals surface area contributed by atoms with Crippen molar-refractivity contribution in [3.63, 3.8) is 0 Å². The molecule has 1 aromatic rings. The monoisotopic (exact) mass is 312 g/mol. The molecule has 0 saturated heterocycles. The largest absolute Gasteiger partial charge is 0.478 e. The number of carboxylic acid groups (broad SMARTS) is 2. The van der Waals surface area contributed by atoms with Crippen LogP contribution in [0.2, 0.25) is 0 Å². The smallest absolute Gasteiger partial charge is 0.335 e. The second kappa shape index (κ2) is 15.5. The highest BCUT2D eigenvalue weighted by molar-refractivity contribution is 5.91. The van der Waals surface area contributed by atoms with Crippen molar-refractivity contribution in [3.05, 3.63) is 35.4 Å². The van der Waals surface area contributed by atoms with E-state index in [0.29, 0.717) is 0 Å². The van der Waals surface area contributed by atoms with Crippen molar-refractivity contribution in [2.45, 2.75) is 27.7 Å². The Morgan fingerprint density at radius 3 is 1.05 bits per heavy atom. The lowest BCUT2D eigenvalue weighted by molar-refractivity contribution is 0.0681. The van der Waals surface area contributed by atoms with E-state index in [9.17, 15) is 9.59 Å². The Kier molecular flexibility index (Phi) is 15.7. The third kappa shape index (κ3) is 13.1. The summed E-state index contributed by atoms with van der Waals surface area (Å²) in [6, 6.07) is 5.02. The third-order valence-electron chi connectivity index (χ3n) is 2.38. The molecule has 126 valence electrons. The van der Waals surface area contributed by atoms with E-state index in [2.05, 4.69) is 38.3 Å². The van der Waals surface area contributed by atoms with Crippen molar-refractivity contribution < 1.29 is 19.8 Å². The van der Waals surface area contributed by atoms with Crippen molar-refractivity contribution in [3.8, 4) is 0 Å². The first-order valence-corrected chi connectivity index (χ1v) is 7.42. The lowest BCUT2D eigenvalue weighted by Gasteiger charge is -1.94. The molecule has 0 bridgehead atoms. The third-order valence-corrected chi connectivity index (χ3v) is 2.38. The van der Waals surface area contributed by atoms with Crippen molar-refractivity contribution in [2.24, 2.45) is 0 Å². The van der Waals surface area contributed by atoms with Gasteiger partial charge in [-0.15, -0.1) is 0 Å². The van der Waals surface area contributed by atoms with E-state index in [0.717, 1.165) is 26.2 Å². The molecule has 0 saturated carbocycles. The summed E-state index contributed by atoms with van der Waals surface area (Å²) in [7, 11) is 0. The number of carbonyl (C=O) groups is 2. The zero-order valence-corrected chi connectivity index (χ0v) is 13.8. The van der Waals surface area contributed by atoms with E-state index in [1.54, 1.807) is 0 Å². The van der Waals surface area contributed by atoms with Gasteiger partial charge in [0.1, 0.15) is 0 Å². The summed E-state index contributed by atoms with van der Waals surface area (Å²) in [5.41, 5.74) is 0.167. The van der Waals surface area contributed by atoms with Gasteiger partial charge in [-0.3, -0.25) is 0 Å². The Labute approximate surface area is 132 Å². The number of rotatable bonds is 6. The maximum atomic E-state index is 10.3. The van der Waals surface area contributed by atoms with Gasteiger partial charge in [0.2, 0.25) is 0 Å². The molecule has 4 N–H and O–H groups in total. The fourth-order valence-electron chi connectivity index (χ4n) is 1.26. The van der Waals surface area contributed by atoms with Crippen LogP contribution in [0.5, 0.6) is 0 Å². The molecule has 0 aromatic heterocycles. The van der Waals surface area contributed by atoms with Crippen molar-refractivity contribution in [2.75, 3.05) is 26.2 Å². The Morgan fingerprint density at radius 2 is 0.955 bits per heavy atom. The van der Waals surface area contributed by atoms with Crippen molar-refractivity contribution >= 4 is 11.9 Å². The fraction of sp³-hybridized carbons (Fsp3) is 0.500. The molecule has 0 aliphatic rings. The second-order valence-corrected chi connectivity index (χ2v) is 4.10. The van der Waals surface area contributed by atoms with Gasteiger partial charge < -0.3 is 20.8 Å². The van der Waals surface area contributed by atoms with E-state index >= 15 is 0 Å². The number of nitrogens with one attached hydrogen (secondary N) is 2. The molecule has 0 unspecified atom stereocenters. The molecular formula is C16H28N2O4. The van der Waals surface area contributed by atoms with Crippen molar-refractivity contribution in [1.82, 2.24) is 10.6 Å². The second-order valence-electron chi connectivity index (χ2n) is 4.10. The quantitative estimate of drug-likeness (QED) is 0.643. The van der Waals surface area contributed by atoms with Gasteiger partial charge in [-0.1, -0.05) is 27.7 Å². The predicted molar refractivity (Wildman–Crippen MR) is 88.8 cm³/mol. The van der Waals surface area contributed by atoms with Gasteiger partial charge in [0.15, 0.2) is 0 Å². The summed E-state index contributed by atoms with van der Waals surface area (Å²) in [5.74, 6) is -2.13. The summed E-state index contributed by atoms with van der Waals surface area (Å²) >= 11 is 0. The van der Waals surface area contributed by atoms with Crippen LogP contribution in [0, 0.1) is 0 Å². The van der Waals surface area contributed by atoms with Gasteiger partial charge in [0.25, 0.3) is 0 Å². The van der Waals surface area contributed by atoms with E-state index in [1.807, 2.05) is 0 Å². The van der Waals surface area contributed by atoms with E-state index in [4.69, 9.17) is 10.2 Å². The zero-order valence-electron chi connectivity index (χ0n) is 13.8. The number of hydrogen-bond donors (Lipinski definition) is 4. The lowest BCUT2D eigenvalue weighted by Crippen LogP contribution is -2.09. The first kappa shape index (κ1) is 22.4. The first-order chi connectivity index (χ1) is 10.4. The number of benzene rings is 1. The zero-order chi connectivity index (χ0) is 17.4.